The zero-order chi connectivity index (χ0) is 13.2. The average molecular weight is 252 g/mol. The van der Waals surface area contributed by atoms with Gasteiger partial charge in [-0.3, -0.25) is 0 Å². The molecular weight excluding hydrogens is 232 g/mol. The predicted molar refractivity (Wildman–Crippen MR) is 78.7 cm³/mol. The van der Waals surface area contributed by atoms with Gasteiger partial charge >= 0.3 is 0 Å². The van der Waals surface area contributed by atoms with Gasteiger partial charge in [0.05, 0.1) is 0 Å². The first-order chi connectivity index (χ1) is 9.24. The van der Waals surface area contributed by atoms with Gasteiger partial charge < -0.3 is 11.1 Å². The molecule has 3 rings (SSSR count). The molecule has 2 aromatic rings. The summed E-state index contributed by atoms with van der Waals surface area (Å²) in [6.45, 7) is 3.03. The Morgan fingerprint density at radius 1 is 1.11 bits per heavy atom. The highest BCUT2D eigenvalue weighted by Crippen LogP contribution is 2.36. The van der Waals surface area contributed by atoms with Crippen LogP contribution in [0, 0.1) is 6.92 Å². The van der Waals surface area contributed by atoms with Gasteiger partial charge in [0.2, 0.25) is 0 Å². The van der Waals surface area contributed by atoms with Gasteiger partial charge in [0.25, 0.3) is 0 Å². The van der Waals surface area contributed by atoms with E-state index in [-0.39, 0.29) is 6.04 Å². The maximum atomic E-state index is 6.19. The molecule has 2 atom stereocenters. The molecule has 0 spiro atoms. The van der Waals surface area contributed by atoms with E-state index in [0.29, 0.717) is 6.04 Å². The number of benzene rings is 2. The Labute approximate surface area is 114 Å². The molecule has 0 radical (unpaired) electrons. The standard InChI is InChI=1S/C17H20N2/c1-12-5-4-6-13(9-12)11-19-17-10-16(18)14-7-2-3-8-15(14)17/h2-9,16-17,19H,10-11,18H2,1H3. The first-order valence-electron chi connectivity index (χ1n) is 6.87. The molecule has 0 amide bonds. The summed E-state index contributed by atoms with van der Waals surface area (Å²) >= 11 is 0. The highest BCUT2D eigenvalue weighted by Gasteiger charge is 2.27. The molecule has 0 aliphatic heterocycles. The second kappa shape index (κ2) is 5.16. The van der Waals surface area contributed by atoms with E-state index in [4.69, 9.17) is 5.73 Å². The monoisotopic (exact) mass is 252 g/mol. The van der Waals surface area contributed by atoms with Crippen LogP contribution in [0.5, 0.6) is 0 Å². The molecule has 3 N–H and O–H groups in total. The van der Waals surface area contributed by atoms with Gasteiger partial charge in [-0.2, -0.15) is 0 Å². The third kappa shape index (κ3) is 2.55. The summed E-state index contributed by atoms with van der Waals surface area (Å²) in [6.07, 6.45) is 0.991. The number of rotatable bonds is 3. The number of nitrogens with one attached hydrogen (secondary N) is 1. The molecule has 2 aromatic carbocycles. The van der Waals surface area contributed by atoms with Crippen LogP contribution in [0.4, 0.5) is 0 Å². The Kier molecular flexibility index (Phi) is 3.36. The van der Waals surface area contributed by atoms with E-state index in [9.17, 15) is 0 Å². The number of fused-ring (bicyclic) bond motifs is 1. The minimum atomic E-state index is 0.172. The summed E-state index contributed by atoms with van der Waals surface area (Å²) in [4.78, 5) is 0. The normalized spacial score (nSPS) is 21.4. The maximum Gasteiger partial charge on any atom is 0.0344 e. The van der Waals surface area contributed by atoms with Crippen molar-refractivity contribution in [2.24, 2.45) is 5.73 Å². The Balaban J connectivity index is 1.72. The van der Waals surface area contributed by atoms with Crippen LogP contribution < -0.4 is 11.1 Å². The fourth-order valence-corrected chi connectivity index (χ4v) is 2.93. The zero-order valence-corrected chi connectivity index (χ0v) is 11.3. The first kappa shape index (κ1) is 12.4. The summed E-state index contributed by atoms with van der Waals surface area (Å²) in [5.41, 5.74) is 11.5. The van der Waals surface area contributed by atoms with Gasteiger partial charge in [0, 0.05) is 18.6 Å². The van der Waals surface area contributed by atoms with Crippen molar-refractivity contribution in [2.45, 2.75) is 32.0 Å². The molecular formula is C17H20N2. The molecule has 0 bridgehead atoms. The molecule has 1 aliphatic carbocycles. The molecule has 2 nitrogen and oxygen atoms in total. The maximum absolute atomic E-state index is 6.19. The van der Waals surface area contributed by atoms with Gasteiger partial charge in [-0.25, -0.2) is 0 Å². The van der Waals surface area contributed by atoms with Crippen LogP contribution in [0.2, 0.25) is 0 Å². The van der Waals surface area contributed by atoms with E-state index < -0.39 is 0 Å². The van der Waals surface area contributed by atoms with Crippen molar-refractivity contribution in [2.75, 3.05) is 0 Å². The van der Waals surface area contributed by atoms with Crippen molar-refractivity contribution in [1.29, 1.82) is 0 Å². The van der Waals surface area contributed by atoms with Crippen LogP contribution in [0.1, 0.15) is 40.8 Å². The lowest BCUT2D eigenvalue weighted by Gasteiger charge is -2.14. The lowest BCUT2D eigenvalue weighted by Crippen LogP contribution is -2.19. The summed E-state index contributed by atoms with van der Waals surface area (Å²) in [7, 11) is 0. The molecule has 0 aromatic heterocycles. The van der Waals surface area contributed by atoms with Crippen molar-refractivity contribution in [1.82, 2.24) is 5.32 Å². The van der Waals surface area contributed by atoms with Crippen molar-refractivity contribution < 1.29 is 0 Å². The largest absolute Gasteiger partial charge is 0.324 e. The first-order valence-corrected chi connectivity index (χ1v) is 6.87. The third-order valence-corrected chi connectivity index (χ3v) is 3.90. The lowest BCUT2D eigenvalue weighted by atomic mass is 10.1. The molecule has 19 heavy (non-hydrogen) atoms. The molecule has 1 aliphatic rings. The highest BCUT2D eigenvalue weighted by atomic mass is 14.9. The van der Waals surface area contributed by atoms with Crippen molar-refractivity contribution >= 4 is 0 Å². The SMILES string of the molecule is Cc1cccc(CNC2CC(N)c3ccccc32)c1. The fraction of sp³-hybridized carbons (Fsp3) is 0.294. The van der Waals surface area contributed by atoms with Gasteiger partial charge in [-0.05, 0) is 30.0 Å². The Morgan fingerprint density at radius 3 is 2.68 bits per heavy atom. The number of hydrogen-bond acceptors (Lipinski definition) is 2. The number of aryl methyl sites for hydroxylation is 1. The lowest BCUT2D eigenvalue weighted by molar-refractivity contribution is 0.498. The van der Waals surface area contributed by atoms with Crippen LogP contribution in [-0.4, -0.2) is 0 Å². The molecule has 2 heteroatoms. The van der Waals surface area contributed by atoms with Crippen molar-refractivity contribution in [3.05, 3.63) is 70.8 Å². The Bertz CT molecular complexity index is 577. The molecule has 98 valence electrons. The molecule has 0 fully saturated rings. The summed E-state index contributed by atoms with van der Waals surface area (Å²) in [5.74, 6) is 0. The van der Waals surface area contributed by atoms with E-state index in [2.05, 4.69) is 60.8 Å². The zero-order valence-electron chi connectivity index (χ0n) is 11.3. The van der Waals surface area contributed by atoms with Gasteiger partial charge in [0.15, 0.2) is 0 Å². The summed E-state index contributed by atoms with van der Waals surface area (Å²) in [5, 5.41) is 3.63. The highest BCUT2D eigenvalue weighted by molar-refractivity contribution is 5.37. The topological polar surface area (TPSA) is 38.0 Å². The van der Waals surface area contributed by atoms with Gasteiger partial charge in [0.1, 0.15) is 0 Å². The van der Waals surface area contributed by atoms with E-state index in [1.54, 1.807) is 0 Å². The Hall–Kier alpha value is -1.64. The predicted octanol–water partition coefficient (Wildman–Crippen LogP) is 3.23. The quantitative estimate of drug-likeness (QED) is 0.880. The van der Waals surface area contributed by atoms with E-state index in [1.165, 1.54) is 22.3 Å². The number of hydrogen-bond donors (Lipinski definition) is 2. The van der Waals surface area contributed by atoms with E-state index in [0.717, 1.165) is 13.0 Å². The molecule has 2 unspecified atom stereocenters. The fourth-order valence-electron chi connectivity index (χ4n) is 2.93. The number of nitrogens with two attached hydrogens (primary N) is 1. The van der Waals surface area contributed by atoms with Crippen molar-refractivity contribution in [3.8, 4) is 0 Å². The third-order valence-electron chi connectivity index (χ3n) is 3.90. The summed E-state index contributed by atoms with van der Waals surface area (Å²) in [6, 6.07) is 17.7. The van der Waals surface area contributed by atoms with Crippen LogP contribution in [0.3, 0.4) is 0 Å². The van der Waals surface area contributed by atoms with Gasteiger partial charge in [-0.1, -0.05) is 54.1 Å². The molecule has 0 heterocycles. The summed E-state index contributed by atoms with van der Waals surface area (Å²) < 4.78 is 0. The second-order valence-electron chi connectivity index (χ2n) is 5.39. The average Bonchev–Trinajstić information content (AvgIpc) is 2.74. The van der Waals surface area contributed by atoms with Crippen molar-refractivity contribution in [3.63, 3.8) is 0 Å². The van der Waals surface area contributed by atoms with E-state index >= 15 is 0 Å². The van der Waals surface area contributed by atoms with Crippen LogP contribution >= 0.6 is 0 Å². The van der Waals surface area contributed by atoms with Gasteiger partial charge in [-0.15, -0.1) is 0 Å². The van der Waals surface area contributed by atoms with Crippen LogP contribution in [0.25, 0.3) is 0 Å². The van der Waals surface area contributed by atoms with Crippen LogP contribution in [-0.2, 0) is 6.54 Å². The minimum Gasteiger partial charge on any atom is -0.324 e. The second-order valence-corrected chi connectivity index (χ2v) is 5.39. The van der Waals surface area contributed by atoms with Crippen LogP contribution in [0.15, 0.2) is 48.5 Å². The smallest absolute Gasteiger partial charge is 0.0344 e. The van der Waals surface area contributed by atoms with E-state index in [1.807, 2.05) is 0 Å². The minimum absolute atomic E-state index is 0.172. The molecule has 0 saturated carbocycles. The Morgan fingerprint density at radius 2 is 1.89 bits per heavy atom. The molecule has 0 saturated heterocycles.